The van der Waals surface area contributed by atoms with Crippen LogP contribution in [0.2, 0.25) is 5.02 Å². The van der Waals surface area contributed by atoms with Crippen LogP contribution in [0.4, 0.5) is 5.69 Å². The molecule has 27 heavy (non-hydrogen) atoms. The second-order valence-electron chi connectivity index (χ2n) is 6.19. The summed E-state index contributed by atoms with van der Waals surface area (Å²) in [6.45, 7) is 1.30. The molecule has 2 aliphatic rings. The predicted molar refractivity (Wildman–Crippen MR) is 109 cm³/mol. The van der Waals surface area contributed by atoms with Crippen molar-refractivity contribution in [3.05, 3.63) is 77.3 Å². The zero-order valence-corrected chi connectivity index (χ0v) is 15.4. The first-order valence-corrected chi connectivity index (χ1v) is 9.11. The van der Waals surface area contributed by atoms with Gasteiger partial charge in [0, 0.05) is 36.6 Å². The lowest BCUT2D eigenvalue weighted by Crippen LogP contribution is -2.39. The first kappa shape index (κ1) is 17.8. The normalized spacial score (nSPS) is 15.6. The van der Waals surface area contributed by atoms with Gasteiger partial charge < -0.3 is 10.4 Å². The zero-order valence-electron chi connectivity index (χ0n) is 14.6. The summed E-state index contributed by atoms with van der Waals surface area (Å²) in [4.78, 5) is 4.48. The van der Waals surface area contributed by atoms with Gasteiger partial charge in [-0.1, -0.05) is 54.1 Å². The van der Waals surface area contributed by atoms with Gasteiger partial charge in [-0.05, 0) is 11.6 Å². The highest BCUT2D eigenvalue weighted by molar-refractivity contribution is 6.36. The molecule has 4 rings (SSSR count). The Labute approximate surface area is 163 Å². The lowest BCUT2D eigenvalue weighted by atomic mass is 10.1. The molecule has 0 radical (unpaired) electrons. The van der Waals surface area contributed by atoms with E-state index in [0.717, 1.165) is 28.2 Å². The van der Waals surface area contributed by atoms with E-state index in [4.69, 9.17) is 16.7 Å². The number of halogens is 1. The highest BCUT2D eigenvalue weighted by Gasteiger charge is 2.24. The number of rotatable bonds is 6. The number of hydrogen-bond donors (Lipinski definition) is 3. The van der Waals surface area contributed by atoms with Crippen molar-refractivity contribution in [3.63, 3.8) is 0 Å². The van der Waals surface area contributed by atoms with Crippen molar-refractivity contribution >= 4 is 23.5 Å². The van der Waals surface area contributed by atoms with E-state index in [1.165, 1.54) is 0 Å². The molecule has 2 aliphatic heterocycles. The number of benzene rings is 2. The summed E-state index contributed by atoms with van der Waals surface area (Å²) in [5, 5.41) is 16.4. The third-order valence-corrected chi connectivity index (χ3v) is 4.70. The molecule has 0 saturated carbocycles. The number of aliphatic imine (C=N–C) groups is 1. The van der Waals surface area contributed by atoms with E-state index < -0.39 is 0 Å². The minimum atomic E-state index is 0.113. The molecule has 2 heterocycles. The average Bonchev–Trinajstić information content (AvgIpc) is 3.12. The van der Waals surface area contributed by atoms with Gasteiger partial charge in [-0.15, -0.1) is 5.53 Å². The maximum atomic E-state index is 8.87. The van der Waals surface area contributed by atoms with Crippen molar-refractivity contribution in [1.29, 1.82) is 0 Å². The number of fused-ring (bicyclic) bond motifs is 1. The van der Waals surface area contributed by atoms with E-state index in [9.17, 15) is 0 Å². The van der Waals surface area contributed by atoms with Gasteiger partial charge in [-0.2, -0.15) is 0 Å². The third kappa shape index (κ3) is 3.74. The van der Waals surface area contributed by atoms with Crippen LogP contribution >= 0.6 is 11.6 Å². The van der Waals surface area contributed by atoms with Crippen LogP contribution in [0.15, 0.2) is 77.3 Å². The molecule has 0 amide bonds. The fourth-order valence-corrected chi connectivity index (χ4v) is 3.31. The molecule has 6 nitrogen and oxygen atoms in total. The molecule has 0 aliphatic carbocycles. The Bertz CT molecular complexity index is 910. The van der Waals surface area contributed by atoms with Crippen molar-refractivity contribution in [2.45, 2.75) is 0 Å². The van der Waals surface area contributed by atoms with Crippen LogP contribution in [-0.4, -0.2) is 36.0 Å². The predicted octanol–water partition coefficient (Wildman–Crippen LogP) is 2.90. The van der Waals surface area contributed by atoms with E-state index in [1.807, 2.05) is 77.2 Å². The Morgan fingerprint density at radius 1 is 1.04 bits per heavy atom. The fourth-order valence-electron chi connectivity index (χ4n) is 2.99. The fraction of sp³-hybridized carbons (Fsp3) is 0.150. The van der Waals surface area contributed by atoms with E-state index in [-0.39, 0.29) is 6.61 Å². The van der Waals surface area contributed by atoms with Gasteiger partial charge in [0.2, 0.25) is 0 Å². The van der Waals surface area contributed by atoms with E-state index in [2.05, 4.69) is 15.8 Å². The molecule has 0 spiro atoms. The van der Waals surface area contributed by atoms with Crippen LogP contribution in [0, 0.1) is 0 Å². The van der Waals surface area contributed by atoms with E-state index in [0.29, 0.717) is 18.1 Å². The van der Waals surface area contributed by atoms with Gasteiger partial charge in [-0.3, -0.25) is 5.01 Å². The van der Waals surface area contributed by atoms with Gasteiger partial charge in [0.15, 0.2) is 5.82 Å². The summed E-state index contributed by atoms with van der Waals surface area (Å²) in [6, 6.07) is 16.1. The molecule has 7 heteroatoms. The Morgan fingerprint density at radius 3 is 2.70 bits per heavy atom. The zero-order chi connectivity index (χ0) is 18.6. The Kier molecular flexibility index (Phi) is 5.22. The van der Waals surface area contributed by atoms with Gasteiger partial charge in [0.25, 0.3) is 0 Å². The first-order valence-electron chi connectivity index (χ1n) is 8.73. The summed E-state index contributed by atoms with van der Waals surface area (Å²) in [5.74, 6) is 0.780. The van der Waals surface area contributed by atoms with Crippen LogP contribution < -0.4 is 15.9 Å². The summed E-state index contributed by atoms with van der Waals surface area (Å²) in [7, 11) is 0. The number of aliphatic hydroxyl groups excluding tert-OH is 1. The van der Waals surface area contributed by atoms with Gasteiger partial charge in [-0.25, -0.2) is 10.0 Å². The minimum absolute atomic E-state index is 0.113. The smallest absolute Gasteiger partial charge is 0.166 e. The molecule has 0 saturated heterocycles. The highest BCUT2D eigenvalue weighted by atomic mass is 35.5. The quantitative estimate of drug-likeness (QED) is 0.671. The lowest BCUT2D eigenvalue weighted by Gasteiger charge is -2.24. The average molecular weight is 382 g/mol. The van der Waals surface area contributed by atoms with E-state index >= 15 is 0 Å². The number of nitrogens with one attached hydrogen (secondary N) is 2. The molecule has 0 unspecified atom stereocenters. The Balaban J connectivity index is 1.55. The SMILES string of the molecule is OCCNCC1=CN2NN(c3cccc(-c4ccccc4)c3Cl)C=C2N=C1. The first-order chi connectivity index (χ1) is 13.3. The molecule has 0 aromatic heterocycles. The van der Waals surface area contributed by atoms with Crippen LogP contribution in [-0.2, 0) is 0 Å². The molecule has 2 aromatic carbocycles. The number of hydrogen-bond acceptors (Lipinski definition) is 6. The van der Waals surface area contributed by atoms with Crippen molar-refractivity contribution in [2.75, 3.05) is 24.7 Å². The molecule has 0 fully saturated rings. The summed E-state index contributed by atoms with van der Waals surface area (Å²) in [5.41, 5.74) is 7.19. The van der Waals surface area contributed by atoms with E-state index in [1.54, 1.807) is 0 Å². The number of nitrogens with zero attached hydrogens (tertiary/aromatic N) is 3. The van der Waals surface area contributed by atoms with Gasteiger partial charge in [0.1, 0.15) is 0 Å². The summed E-state index contributed by atoms with van der Waals surface area (Å²) < 4.78 is 0. The number of aliphatic hydroxyl groups is 1. The maximum absolute atomic E-state index is 8.87. The Morgan fingerprint density at radius 2 is 1.89 bits per heavy atom. The number of hydrazine groups is 2. The highest BCUT2D eigenvalue weighted by Crippen LogP contribution is 2.37. The summed E-state index contributed by atoms with van der Waals surface area (Å²) >= 11 is 6.72. The molecule has 2 aromatic rings. The van der Waals surface area contributed by atoms with Crippen molar-refractivity contribution in [2.24, 2.45) is 4.99 Å². The molecule has 0 atom stereocenters. The van der Waals surface area contributed by atoms with Crippen molar-refractivity contribution in [1.82, 2.24) is 15.9 Å². The van der Waals surface area contributed by atoms with Gasteiger partial charge in [0.05, 0.1) is 23.5 Å². The van der Waals surface area contributed by atoms with Crippen molar-refractivity contribution in [3.8, 4) is 11.1 Å². The maximum Gasteiger partial charge on any atom is 0.166 e. The Hall–Kier alpha value is -2.64. The second kappa shape index (κ2) is 7.94. The molecule has 0 bridgehead atoms. The summed E-state index contributed by atoms with van der Waals surface area (Å²) in [6.07, 6.45) is 5.69. The molecule has 138 valence electrons. The van der Waals surface area contributed by atoms with Crippen LogP contribution in [0.5, 0.6) is 0 Å². The molecular weight excluding hydrogens is 362 g/mol. The minimum Gasteiger partial charge on any atom is -0.395 e. The number of anilines is 1. The van der Waals surface area contributed by atoms with Crippen LogP contribution in [0.1, 0.15) is 0 Å². The monoisotopic (exact) mass is 381 g/mol. The molecule has 3 N–H and O–H groups in total. The third-order valence-electron chi connectivity index (χ3n) is 4.30. The van der Waals surface area contributed by atoms with Crippen LogP contribution in [0.25, 0.3) is 11.1 Å². The van der Waals surface area contributed by atoms with Gasteiger partial charge >= 0.3 is 0 Å². The topological polar surface area (TPSA) is 63.1 Å². The van der Waals surface area contributed by atoms with Crippen LogP contribution in [0.3, 0.4) is 0 Å². The largest absolute Gasteiger partial charge is 0.395 e. The lowest BCUT2D eigenvalue weighted by molar-refractivity contribution is 0.294. The van der Waals surface area contributed by atoms with Crippen molar-refractivity contribution < 1.29 is 5.11 Å². The second-order valence-corrected chi connectivity index (χ2v) is 6.57. The standard InChI is InChI=1S/C20H20ClN5O/c21-20-17(16-5-2-1-3-6-16)7-4-8-18(20)25-14-19-23-12-15(11-22-9-10-27)13-26(19)24-25/h1-8,12-14,22,24,27H,9-11H2. The molecular formula is C20H20ClN5O.